The van der Waals surface area contributed by atoms with E-state index in [9.17, 15) is 18.9 Å². The van der Waals surface area contributed by atoms with Crippen LogP contribution in [-0.4, -0.2) is 49.1 Å². The van der Waals surface area contributed by atoms with Crippen LogP contribution in [0.25, 0.3) is 0 Å². The number of hydrogen-bond donors (Lipinski definition) is 1. The van der Waals surface area contributed by atoms with E-state index in [-0.39, 0.29) is 17.2 Å². The second-order valence-electron chi connectivity index (χ2n) is 6.15. The highest BCUT2D eigenvalue weighted by Gasteiger charge is 2.17. The smallest absolute Gasteiger partial charge is 0.272 e. The van der Waals surface area contributed by atoms with Gasteiger partial charge >= 0.3 is 0 Å². The van der Waals surface area contributed by atoms with Gasteiger partial charge in [0.2, 0.25) is 0 Å². The zero-order valence-corrected chi connectivity index (χ0v) is 14.2. The van der Waals surface area contributed by atoms with E-state index in [1.807, 2.05) is 0 Å². The van der Waals surface area contributed by atoms with Gasteiger partial charge in [-0.3, -0.25) is 15.0 Å². The Balaban J connectivity index is 1.44. The van der Waals surface area contributed by atoms with Crippen LogP contribution in [0, 0.1) is 21.7 Å². The summed E-state index contributed by atoms with van der Waals surface area (Å²) in [6, 6.07) is 10.1. The number of nitrogens with one attached hydrogen (secondary N) is 1. The molecule has 2 aromatic rings. The Bertz CT molecular complexity index is 762. The van der Waals surface area contributed by atoms with Gasteiger partial charge < -0.3 is 10.2 Å². The summed E-state index contributed by atoms with van der Waals surface area (Å²) in [6.45, 7) is 4.71. The molecule has 1 aliphatic rings. The fraction of sp³-hybridized carbons (Fsp3) is 0.333. The monoisotopic (exact) mass is 362 g/mol. The van der Waals surface area contributed by atoms with Gasteiger partial charge in [0.1, 0.15) is 5.82 Å². The lowest BCUT2D eigenvalue weighted by Crippen LogP contribution is -2.47. The summed E-state index contributed by atoms with van der Waals surface area (Å²) in [4.78, 5) is 14.5. The average Bonchev–Trinajstić information content (AvgIpc) is 2.64. The standard InChI is InChI=1S/C18H20F2N4O2/c19-14-1-3-15(4-2-14)23-11-9-22(10-12-23)8-7-21-18-6-5-16(24(25)26)13-17(18)20/h1-6,13,21H,7-12H2. The number of non-ortho nitro benzene ring substituents is 1. The van der Waals surface area contributed by atoms with Gasteiger partial charge in [0.25, 0.3) is 5.69 Å². The highest BCUT2D eigenvalue weighted by atomic mass is 19.1. The Morgan fingerprint density at radius 3 is 2.35 bits per heavy atom. The number of nitro groups is 1. The molecule has 2 aromatic carbocycles. The van der Waals surface area contributed by atoms with Crippen molar-refractivity contribution in [1.82, 2.24) is 4.90 Å². The van der Waals surface area contributed by atoms with Gasteiger partial charge in [-0.05, 0) is 30.3 Å². The van der Waals surface area contributed by atoms with Crippen LogP contribution < -0.4 is 10.2 Å². The summed E-state index contributed by atoms with van der Waals surface area (Å²) < 4.78 is 26.8. The van der Waals surface area contributed by atoms with Crippen LogP contribution in [0.1, 0.15) is 0 Å². The zero-order valence-electron chi connectivity index (χ0n) is 14.2. The molecule has 1 fully saturated rings. The summed E-state index contributed by atoms with van der Waals surface area (Å²) in [5, 5.41) is 13.6. The van der Waals surface area contributed by atoms with E-state index < -0.39 is 10.7 Å². The van der Waals surface area contributed by atoms with Gasteiger partial charge in [0.15, 0.2) is 5.82 Å². The summed E-state index contributed by atoms with van der Waals surface area (Å²) in [5.41, 5.74) is 1.02. The summed E-state index contributed by atoms with van der Waals surface area (Å²) in [5.74, 6) is -0.864. The molecule has 8 heteroatoms. The molecule has 0 unspecified atom stereocenters. The van der Waals surface area contributed by atoms with Crippen molar-refractivity contribution in [2.45, 2.75) is 0 Å². The van der Waals surface area contributed by atoms with Crippen molar-refractivity contribution in [3.05, 3.63) is 64.2 Å². The predicted molar refractivity (Wildman–Crippen MR) is 96.6 cm³/mol. The quantitative estimate of drug-likeness (QED) is 0.632. The molecule has 0 atom stereocenters. The fourth-order valence-electron chi connectivity index (χ4n) is 2.99. The van der Waals surface area contributed by atoms with Gasteiger partial charge in [0, 0.05) is 51.0 Å². The van der Waals surface area contributed by atoms with E-state index in [2.05, 4.69) is 15.1 Å². The van der Waals surface area contributed by atoms with Gasteiger partial charge in [-0.15, -0.1) is 0 Å². The topological polar surface area (TPSA) is 61.7 Å². The number of anilines is 2. The molecule has 0 saturated carbocycles. The molecule has 0 aromatic heterocycles. The van der Waals surface area contributed by atoms with Gasteiger partial charge in [0.05, 0.1) is 16.7 Å². The number of nitrogens with zero attached hydrogens (tertiary/aromatic N) is 3. The molecule has 1 heterocycles. The Hall–Kier alpha value is -2.74. The fourth-order valence-corrected chi connectivity index (χ4v) is 2.99. The number of piperazine rings is 1. The van der Waals surface area contributed by atoms with Crippen molar-refractivity contribution in [2.75, 3.05) is 49.5 Å². The van der Waals surface area contributed by atoms with Crippen LogP contribution in [0.3, 0.4) is 0 Å². The van der Waals surface area contributed by atoms with E-state index in [1.165, 1.54) is 24.3 Å². The molecule has 26 heavy (non-hydrogen) atoms. The molecule has 0 amide bonds. The molecule has 1 saturated heterocycles. The Kier molecular flexibility index (Phi) is 5.62. The van der Waals surface area contributed by atoms with E-state index >= 15 is 0 Å². The third-order valence-electron chi connectivity index (χ3n) is 4.47. The maximum absolute atomic E-state index is 13.8. The summed E-state index contributed by atoms with van der Waals surface area (Å²) in [6.07, 6.45) is 0. The average molecular weight is 362 g/mol. The van der Waals surface area contributed by atoms with Crippen LogP contribution in [0.4, 0.5) is 25.8 Å². The second kappa shape index (κ2) is 8.09. The highest BCUT2D eigenvalue weighted by Crippen LogP contribution is 2.20. The van der Waals surface area contributed by atoms with Crippen molar-refractivity contribution in [2.24, 2.45) is 0 Å². The lowest BCUT2D eigenvalue weighted by molar-refractivity contribution is -0.385. The first kappa shape index (κ1) is 18.1. The third kappa shape index (κ3) is 4.45. The minimum absolute atomic E-state index is 0.239. The second-order valence-corrected chi connectivity index (χ2v) is 6.15. The van der Waals surface area contributed by atoms with Crippen LogP contribution in [0.2, 0.25) is 0 Å². The molecule has 6 nitrogen and oxygen atoms in total. The van der Waals surface area contributed by atoms with Crippen molar-refractivity contribution < 1.29 is 13.7 Å². The van der Waals surface area contributed by atoms with E-state index in [0.717, 1.165) is 44.5 Å². The Morgan fingerprint density at radius 2 is 1.73 bits per heavy atom. The van der Waals surface area contributed by atoms with E-state index in [4.69, 9.17) is 0 Å². The molecular weight excluding hydrogens is 342 g/mol. The van der Waals surface area contributed by atoms with E-state index in [0.29, 0.717) is 6.54 Å². The van der Waals surface area contributed by atoms with Crippen LogP contribution >= 0.6 is 0 Å². The summed E-state index contributed by atoms with van der Waals surface area (Å²) in [7, 11) is 0. The minimum Gasteiger partial charge on any atom is -0.381 e. The molecule has 0 spiro atoms. The molecule has 0 aliphatic carbocycles. The number of hydrogen-bond acceptors (Lipinski definition) is 5. The largest absolute Gasteiger partial charge is 0.381 e. The third-order valence-corrected chi connectivity index (χ3v) is 4.47. The number of halogens is 2. The van der Waals surface area contributed by atoms with Crippen LogP contribution in [-0.2, 0) is 0 Å². The summed E-state index contributed by atoms with van der Waals surface area (Å²) >= 11 is 0. The Morgan fingerprint density at radius 1 is 1.04 bits per heavy atom. The van der Waals surface area contributed by atoms with Gasteiger partial charge in [-0.25, -0.2) is 8.78 Å². The van der Waals surface area contributed by atoms with Crippen LogP contribution in [0.5, 0.6) is 0 Å². The number of benzene rings is 2. The van der Waals surface area contributed by atoms with Crippen molar-refractivity contribution in [3.63, 3.8) is 0 Å². The molecule has 1 N–H and O–H groups in total. The Labute approximate surface area is 150 Å². The van der Waals surface area contributed by atoms with Crippen molar-refractivity contribution in [3.8, 4) is 0 Å². The van der Waals surface area contributed by atoms with E-state index in [1.54, 1.807) is 12.1 Å². The molecular formula is C18H20F2N4O2. The highest BCUT2D eigenvalue weighted by molar-refractivity contribution is 5.50. The normalized spacial score (nSPS) is 15.1. The molecule has 3 rings (SSSR count). The molecule has 138 valence electrons. The zero-order chi connectivity index (χ0) is 18.5. The lowest BCUT2D eigenvalue weighted by atomic mass is 10.2. The maximum Gasteiger partial charge on any atom is 0.272 e. The van der Waals surface area contributed by atoms with Gasteiger partial charge in [-0.2, -0.15) is 0 Å². The number of rotatable bonds is 6. The first-order chi connectivity index (χ1) is 12.5. The first-order valence-electron chi connectivity index (χ1n) is 8.43. The predicted octanol–water partition coefficient (Wildman–Crippen LogP) is 3.11. The van der Waals surface area contributed by atoms with Crippen LogP contribution in [0.15, 0.2) is 42.5 Å². The molecule has 0 radical (unpaired) electrons. The van der Waals surface area contributed by atoms with Crippen molar-refractivity contribution >= 4 is 17.1 Å². The van der Waals surface area contributed by atoms with Crippen molar-refractivity contribution in [1.29, 1.82) is 0 Å². The molecule has 0 bridgehead atoms. The van der Waals surface area contributed by atoms with Gasteiger partial charge in [-0.1, -0.05) is 0 Å². The number of nitro benzene ring substituents is 1. The lowest BCUT2D eigenvalue weighted by Gasteiger charge is -2.36. The first-order valence-corrected chi connectivity index (χ1v) is 8.43. The SMILES string of the molecule is O=[N+]([O-])c1ccc(NCCN2CCN(c3ccc(F)cc3)CC2)c(F)c1. The molecule has 1 aliphatic heterocycles. The maximum atomic E-state index is 13.8. The minimum atomic E-state index is -0.625.